The first kappa shape index (κ1) is 13.6. The molecule has 3 heteroatoms. The molecule has 0 radical (unpaired) electrons. The highest BCUT2D eigenvalue weighted by atomic mass is 79.9. The van der Waals surface area contributed by atoms with Gasteiger partial charge in [-0.25, -0.2) is 0 Å². The van der Waals surface area contributed by atoms with Crippen molar-refractivity contribution in [3.05, 3.63) is 33.8 Å². The highest BCUT2D eigenvalue weighted by Crippen LogP contribution is 2.27. The smallest absolute Gasteiger partial charge is 0.133 e. The lowest BCUT2D eigenvalue weighted by Gasteiger charge is -2.09. The molecule has 0 N–H and O–H groups in total. The topological polar surface area (TPSA) is 9.23 Å². The Balaban J connectivity index is 3.01. The summed E-state index contributed by atoms with van der Waals surface area (Å²) in [6.07, 6.45) is 2.13. The predicted molar refractivity (Wildman–Crippen MR) is 74.2 cm³/mol. The number of alkyl halides is 1. The molecule has 0 aliphatic rings. The van der Waals surface area contributed by atoms with Gasteiger partial charge in [-0.1, -0.05) is 31.6 Å². The number of halogens is 2. The van der Waals surface area contributed by atoms with Gasteiger partial charge in [0.15, 0.2) is 0 Å². The molecule has 0 saturated heterocycles. The maximum Gasteiger partial charge on any atom is 0.133 e. The Kier molecular flexibility index (Phi) is 5.36. The van der Waals surface area contributed by atoms with E-state index in [1.165, 1.54) is 5.57 Å². The second-order valence-corrected chi connectivity index (χ2v) is 5.02. The third-order valence-electron chi connectivity index (χ3n) is 2.42. The maximum atomic E-state index is 5.91. The van der Waals surface area contributed by atoms with E-state index in [-0.39, 0.29) is 0 Å². The second kappa shape index (κ2) is 6.31. The van der Waals surface area contributed by atoms with Gasteiger partial charge in [0.1, 0.15) is 5.75 Å². The molecule has 0 spiro atoms. The number of methoxy groups -OCH3 is 1. The molecule has 1 aromatic carbocycles. The molecule has 0 atom stereocenters. The average Bonchev–Trinajstić information content (AvgIpc) is 2.25. The monoisotopic (exact) mass is 302 g/mol. The first-order valence-electron chi connectivity index (χ1n) is 5.18. The molecule has 0 saturated carbocycles. The van der Waals surface area contributed by atoms with Gasteiger partial charge in [-0.05, 0) is 39.5 Å². The average molecular weight is 304 g/mol. The second-order valence-electron chi connectivity index (χ2n) is 3.90. The van der Waals surface area contributed by atoms with Gasteiger partial charge in [0.2, 0.25) is 0 Å². The van der Waals surface area contributed by atoms with Crippen LogP contribution < -0.4 is 4.74 Å². The number of hydrogen-bond acceptors (Lipinski definition) is 1. The molecule has 0 fully saturated rings. The van der Waals surface area contributed by atoms with Crippen molar-refractivity contribution in [3.63, 3.8) is 0 Å². The Bertz CT molecular complexity index is 386. The molecular formula is C13H16BrClO. The Morgan fingerprint density at radius 1 is 1.50 bits per heavy atom. The van der Waals surface area contributed by atoms with Gasteiger partial charge in [-0.15, -0.1) is 11.6 Å². The minimum absolute atomic E-state index is 0.471. The van der Waals surface area contributed by atoms with Crippen LogP contribution in [0.15, 0.2) is 28.2 Å². The van der Waals surface area contributed by atoms with Crippen molar-refractivity contribution >= 4 is 33.6 Å². The van der Waals surface area contributed by atoms with Crippen molar-refractivity contribution in [2.24, 2.45) is 5.92 Å². The molecule has 0 aliphatic carbocycles. The quantitative estimate of drug-likeness (QED) is 0.730. The third kappa shape index (κ3) is 3.53. The minimum Gasteiger partial charge on any atom is -0.496 e. The zero-order valence-corrected chi connectivity index (χ0v) is 12.1. The van der Waals surface area contributed by atoms with Crippen LogP contribution >= 0.6 is 27.5 Å². The molecule has 1 rings (SSSR count). The van der Waals surface area contributed by atoms with E-state index in [2.05, 4.69) is 35.9 Å². The van der Waals surface area contributed by atoms with Crippen LogP contribution in [0.5, 0.6) is 5.75 Å². The van der Waals surface area contributed by atoms with Gasteiger partial charge in [0.25, 0.3) is 0 Å². The molecule has 1 aromatic rings. The first-order chi connectivity index (χ1) is 7.58. The third-order valence-corrected chi connectivity index (χ3v) is 3.35. The van der Waals surface area contributed by atoms with E-state index < -0.39 is 0 Å². The van der Waals surface area contributed by atoms with Crippen LogP contribution in [0, 0.1) is 5.92 Å². The van der Waals surface area contributed by atoms with Gasteiger partial charge in [-0.3, -0.25) is 0 Å². The lowest BCUT2D eigenvalue weighted by molar-refractivity contribution is 0.412. The number of rotatable bonds is 4. The zero-order chi connectivity index (χ0) is 12.1. The fourth-order valence-electron chi connectivity index (χ4n) is 1.35. The number of ether oxygens (including phenoxy) is 1. The molecule has 0 heterocycles. The first-order valence-corrected chi connectivity index (χ1v) is 6.51. The summed E-state index contributed by atoms with van der Waals surface area (Å²) in [5, 5.41) is 0. The Hall–Kier alpha value is -0.470. The summed E-state index contributed by atoms with van der Waals surface area (Å²) < 4.78 is 6.14. The van der Waals surface area contributed by atoms with Crippen molar-refractivity contribution in [1.29, 1.82) is 0 Å². The summed E-state index contributed by atoms with van der Waals surface area (Å²) in [4.78, 5) is 0. The summed E-state index contributed by atoms with van der Waals surface area (Å²) in [6, 6.07) is 6.01. The lowest BCUT2D eigenvalue weighted by atomic mass is 10.0. The van der Waals surface area contributed by atoms with Crippen LogP contribution in [0.4, 0.5) is 0 Å². The summed E-state index contributed by atoms with van der Waals surface area (Å²) in [5.74, 6) is 1.88. The Morgan fingerprint density at radius 2 is 2.19 bits per heavy atom. The zero-order valence-electron chi connectivity index (χ0n) is 9.76. The lowest BCUT2D eigenvalue weighted by Crippen LogP contribution is -1.95. The molecule has 88 valence electrons. The maximum absolute atomic E-state index is 5.91. The van der Waals surface area contributed by atoms with E-state index in [4.69, 9.17) is 16.3 Å². The van der Waals surface area contributed by atoms with Gasteiger partial charge < -0.3 is 4.74 Å². The molecule has 0 bridgehead atoms. The Morgan fingerprint density at radius 3 is 2.62 bits per heavy atom. The number of hydrogen-bond donors (Lipinski definition) is 0. The van der Waals surface area contributed by atoms with E-state index in [9.17, 15) is 0 Å². The summed E-state index contributed by atoms with van der Waals surface area (Å²) in [7, 11) is 1.66. The fourth-order valence-corrected chi connectivity index (χ4v) is 2.29. The van der Waals surface area contributed by atoms with Crippen molar-refractivity contribution in [2.75, 3.05) is 13.0 Å². The van der Waals surface area contributed by atoms with Crippen molar-refractivity contribution in [2.45, 2.75) is 13.8 Å². The van der Waals surface area contributed by atoms with E-state index in [1.54, 1.807) is 7.11 Å². The summed E-state index contributed by atoms with van der Waals surface area (Å²) in [6.45, 7) is 4.29. The summed E-state index contributed by atoms with van der Waals surface area (Å²) >= 11 is 9.38. The van der Waals surface area contributed by atoms with Crippen LogP contribution in [-0.2, 0) is 0 Å². The van der Waals surface area contributed by atoms with Crippen LogP contribution in [0.1, 0.15) is 19.4 Å². The fraction of sp³-hybridized carbons (Fsp3) is 0.385. The number of benzene rings is 1. The number of allylic oxidation sites excluding steroid dienone is 1. The highest BCUT2D eigenvalue weighted by molar-refractivity contribution is 9.10. The largest absolute Gasteiger partial charge is 0.496 e. The van der Waals surface area contributed by atoms with E-state index in [0.717, 1.165) is 15.8 Å². The van der Waals surface area contributed by atoms with Crippen LogP contribution in [0.3, 0.4) is 0 Å². The van der Waals surface area contributed by atoms with E-state index >= 15 is 0 Å². The summed E-state index contributed by atoms with van der Waals surface area (Å²) in [5.41, 5.74) is 2.37. The highest BCUT2D eigenvalue weighted by Gasteiger charge is 2.04. The SMILES string of the molecule is COc1ccc(C=C(CCl)C(C)C)cc1Br. The van der Waals surface area contributed by atoms with Crippen LogP contribution in [0.25, 0.3) is 6.08 Å². The molecular weight excluding hydrogens is 287 g/mol. The van der Waals surface area contributed by atoms with Gasteiger partial charge >= 0.3 is 0 Å². The predicted octanol–water partition coefficient (Wildman–Crippen LogP) is 4.74. The van der Waals surface area contributed by atoms with Gasteiger partial charge in [-0.2, -0.15) is 0 Å². The van der Waals surface area contributed by atoms with Crippen LogP contribution in [0.2, 0.25) is 0 Å². The standard InChI is InChI=1S/C13H16BrClO/c1-9(2)11(8-15)6-10-4-5-13(16-3)12(14)7-10/h4-7,9H,8H2,1-3H3. The van der Waals surface area contributed by atoms with Crippen LogP contribution in [-0.4, -0.2) is 13.0 Å². The van der Waals surface area contributed by atoms with E-state index in [0.29, 0.717) is 11.8 Å². The van der Waals surface area contributed by atoms with Crippen molar-refractivity contribution in [1.82, 2.24) is 0 Å². The molecule has 0 unspecified atom stereocenters. The van der Waals surface area contributed by atoms with Crippen molar-refractivity contribution in [3.8, 4) is 5.75 Å². The van der Waals surface area contributed by atoms with E-state index in [1.807, 2.05) is 18.2 Å². The molecule has 16 heavy (non-hydrogen) atoms. The normalized spacial score (nSPS) is 12.0. The van der Waals surface area contributed by atoms with Gasteiger partial charge in [0, 0.05) is 5.88 Å². The van der Waals surface area contributed by atoms with Crippen molar-refractivity contribution < 1.29 is 4.74 Å². The molecule has 1 nitrogen and oxygen atoms in total. The van der Waals surface area contributed by atoms with Gasteiger partial charge in [0.05, 0.1) is 11.6 Å². The Labute approximate surface area is 111 Å². The molecule has 0 amide bonds. The molecule has 0 aliphatic heterocycles. The minimum atomic E-state index is 0.471. The molecule has 0 aromatic heterocycles.